The van der Waals surface area contributed by atoms with Crippen LogP contribution in [0.25, 0.3) is 0 Å². The first-order valence-electron chi connectivity index (χ1n) is 5.75. The summed E-state index contributed by atoms with van der Waals surface area (Å²) in [6, 6.07) is 0.938. The van der Waals surface area contributed by atoms with E-state index in [4.69, 9.17) is 5.73 Å². The molecule has 0 aliphatic heterocycles. The molecule has 0 aromatic rings. The first kappa shape index (κ1) is 11.3. The van der Waals surface area contributed by atoms with Crippen molar-refractivity contribution in [2.45, 2.75) is 58.5 Å². The van der Waals surface area contributed by atoms with Gasteiger partial charge in [-0.1, -0.05) is 12.8 Å². The van der Waals surface area contributed by atoms with Crippen LogP contribution in [0.1, 0.15) is 46.5 Å². The van der Waals surface area contributed by atoms with E-state index in [-0.39, 0.29) is 0 Å². The van der Waals surface area contributed by atoms with Gasteiger partial charge in [-0.25, -0.2) is 0 Å². The van der Waals surface area contributed by atoms with E-state index in [2.05, 4.69) is 30.7 Å². The lowest BCUT2D eigenvalue weighted by molar-refractivity contribution is 0.323. The average Bonchev–Trinajstić information content (AvgIpc) is 2.57. The van der Waals surface area contributed by atoms with Gasteiger partial charge in [-0.3, -0.25) is 4.99 Å². The van der Waals surface area contributed by atoms with Crippen LogP contribution in [0.3, 0.4) is 0 Å². The highest BCUT2D eigenvalue weighted by Gasteiger charge is 2.22. The normalized spacial score (nSPS) is 19.3. The maximum atomic E-state index is 5.99. The predicted molar refractivity (Wildman–Crippen MR) is 61.4 cm³/mol. The van der Waals surface area contributed by atoms with Gasteiger partial charge in [0.15, 0.2) is 5.96 Å². The van der Waals surface area contributed by atoms with E-state index in [1.807, 2.05) is 0 Å². The van der Waals surface area contributed by atoms with Gasteiger partial charge in [0.1, 0.15) is 0 Å². The summed E-state index contributed by atoms with van der Waals surface area (Å²) < 4.78 is 0. The molecule has 0 aromatic carbocycles. The molecule has 2 N–H and O–H groups in total. The fourth-order valence-corrected chi connectivity index (χ4v) is 2.16. The summed E-state index contributed by atoms with van der Waals surface area (Å²) in [6.07, 6.45) is 5.25. The molecule has 3 nitrogen and oxygen atoms in total. The summed E-state index contributed by atoms with van der Waals surface area (Å²) in [7, 11) is 0. The number of hydrogen-bond donors (Lipinski definition) is 1. The summed E-state index contributed by atoms with van der Waals surface area (Å²) >= 11 is 0. The van der Waals surface area contributed by atoms with Gasteiger partial charge >= 0.3 is 0 Å². The highest BCUT2D eigenvalue weighted by Crippen LogP contribution is 2.23. The van der Waals surface area contributed by atoms with Crippen LogP contribution < -0.4 is 5.73 Å². The quantitative estimate of drug-likeness (QED) is 0.555. The van der Waals surface area contributed by atoms with Crippen molar-refractivity contribution in [2.24, 2.45) is 10.7 Å². The molecule has 1 aliphatic carbocycles. The Morgan fingerprint density at radius 1 is 1.43 bits per heavy atom. The van der Waals surface area contributed by atoms with Gasteiger partial charge in [-0.2, -0.15) is 0 Å². The van der Waals surface area contributed by atoms with Crippen molar-refractivity contribution >= 4 is 5.96 Å². The average molecular weight is 197 g/mol. The second kappa shape index (κ2) is 5.23. The van der Waals surface area contributed by atoms with Gasteiger partial charge in [0.2, 0.25) is 0 Å². The van der Waals surface area contributed by atoms with Gasteiger partial charge in [0, 0.05) is 18.6 Å². The number of aliphatic imine (C=N–C) groups is 1. The Balaban J connectivity index is 2.60. The molecule has 1 fully saturated rings. The number of guanidine groups is 1. The van der Waals surface area contributed by atoms with Crippen molar-refractivity contribution in [1.82, 2.24) is 4.90 Å². The highest BCUT2D eigenvalue weighted by atomic mass is 15.3. The predicted octanol–water partition coefficient (Wildman–Crippen LogP) is 1.97. The molecule has 0 amide bonds. The van der Waals surface area contributed by atoms with E-state index in [1.54, 1.807) is 0 Å². The van der Waals surface area contributed by atoms with Crippen molar-refractivity contribution in [3.05, 3.63) is 0 Å². The second-order valence-electron chi connectivity index (χ2n) is 4.31. The van der Waals surface area contributed by atoms with Crippen LogP contribution in [0, 0.1) is 0 Å². The standard InChI is InChI=1S/C11H23N3/c1-4-14(10-7-5-6-8-10)11(12)13-9(2)3/h9-10H,4-8H2,1-3H3,(H2,12,13). The Morgan fingerprint density at radius 2 is 2.00 bits per heavy atom. The molecule has 0 saturated heterocycles. The van der Waals surface area contributed by atoms with Crippen LogP contribution in [0.5, 0.6) is 0 Å². The van der Waals surface area contributed by atoms with E-state index >= 15 is 0 Å². The largest absolute Gasteiger partial charge is 0.370 e. The van der Waals surface area contributed by atoms with E-state index in [9.17, 15) is 0 Å². The summed E-state index contributed by atoms with van der Waals surface area (Å²) in [5.41, 5.74) is 5.99. The first-order chi connectivity index (χ1) is 6.65. The molecule has 0 spiro atoms. The number of nitrogens with two attached hydrogens (primary N) is 1. The number of nitrogens with zero attached hydrogens (tertiary/aromatic N) is 2. The topological polar surface area (TPSA) is 41.6 Å². The summed E-state index contributed by atoms with van der Waals surface area (Å²) in [5, 5.41) is 0. The summed E-state index contributed by atoms with van der Waals surface area (Å²) in [5.74, 6) is 0.731. The minimum absolute atomic E-state index is 0.297. The minimum atomic E-state index is 0.297. The third-order valence-electron chi connectivity index (χ3n) is 2.79. The van der Waals surface area contributed by atoms with Gasteiger partial charge < -0.3 is 10.6 Å². The molecule has 0 aromatic heterocycles. The zero-order valence-corrected chi connectivity index (χ0v) is 9.66. The molecular weight excluding hydrogens is 174 g/mol. The number of rotatable bonds is 3. The Bertz CT molecular complexity index is 193. The molecule has 14 heavy (non-hydrogen) atoms. The van der Waals surface area contributed by atoms with Crippen LogP contribution in [0.2, 0.25) is 0 Å². The van der Waals surface area contributed by atoms with Crippen LogP contribution in [0.15, 0.2) is 4.99 Å². The lowest BCUT2D eigenvalue weighted by atomic mass is 10.2. The van der Waals surface area contributed by atoms with Gasteiger partial charge in [-0.05, 0) is 33.6 Å². The van der Waals surface area contributed by atoms with Crippen molar-refractivity contribution in [1.29, 1.82) is 0 Å². The first-order valence-corrected chi connectivity index (χ1v) is 5.75. The van der Waals surface area contributed by atoms with E-state index in [1.165, 1.54) is 25.7 Å². The third-order valence-corrected chi connectivity index (χ3v) is 2.79. The fraction of sp³-hybridized carbons (Fsp3) is 0.909. The summed E-state index contributed by atoms with van der Waals surface area (Å²) in [6.45, 7) is 7.26. The Kier molecular flexibility index (Phi) is 4.23. The maximum absolute atomic E-state index is 5.99. The minimum Gasteiger partial charge on any atom is -0.370 e. The molecule has 0 heterocycles. The fourth-order valence-electron chi connectivity index (χ4n) is 2.16. The summed E-state index contributed by atoms with van der Waals surface area (Å²) in [4.78, 5) is 6.67. The maximum Gasteiger partial charge on any atom is 0.191 e. The molecule has 1 aliphatic rings. The second-order valence-corrected chi connectivity index (χ2v) is 4.31. The SMILES string of the molecule is CCN(C(N)=NC(C)C)C1CCCC1. The molecule has 0 radical (unpaired) electrons. The molecule has 1 saturated carbocycles. The lowest BCUT2D eigenvalue weighted by Gasteiger charge is -2.28. The smallest absolute Gasteiger partial charge is 0.191 e. The van der Waals surface area contributed by atoms with Crippen molar-refractivity contribution in [2.75, 3.05) is 6.54 Å². The molecule has 0 unspecified atom stereocenters. The van der Waals surface area contributed by atoms with Crippen molar-refractivity contribution in [3.63, 3.8) is 0 Å². The third kappa shape index (κ3) is 2.89. The zero-order chi connectivity index (χ0) is 10.6. The van der Waals surface area contributed by atoms with Gasteiger partial charge in [0.25, 0.3) is 0 Å². The molecule has 3 heteroatoms. The van der Waals surface area contributed by atoms with Gasteiger partial charge in [0.05, 0.1) is 0 Å². The van der Waals surface area contributed by atoms with E-state index in [0.717, 1.165) is 12.5 Å². The van der Waals surface area contributed by atoms with Crippen molar-refractivity contribution < 1.29 is 0 Å². The molecule has 0 atom stereocenters. The van der Waals surface area contributed by atoms with Crippen LogP contribution in [0.4, 0.5) is 0 Å². The Morgan fingerprint density at radius 3 is 2.43 bits per heavy atom. The van der Waals surface area contributed by atoms with Crippen molar-refractivity contribution in [3.8, 4) is 0 Å². The van der Waals surface area contributed by atoms with Crippen LogP contribution in [-0.2, 0) is 0 Å². The Hall–Kier alpha value is -0.730. The van der Waals surface area contributed by atoms with E-state index in [0.29, 0.717) is 12.1 Å². The van der Waals surface area contributed by atoms with Gasteiger partial charge in [-0.15, -0.1) is 0 Å². The monoisotopic (exact) mass is 197 g/mol. The highest BCUT2D eigenvalue weighted by molar-refractivity contribution is 5.78. The molecular formula is C11H23N3. The lowest BCUT2D eigenvalue weighted by Crippen LogP contribution is -2.43. The van der Waals surface area contributed by atoms with Crippen LogP contribution >= 0.6 is 0 Å². The van der Waals surface area contributed by atoms with E-state index < -0.39 is 0 Å². The molecule has 0 bridgehead atoms. The molecule has 1 rings (SSSR count). The molecule has 82 valence electrons. The zero-order valence-electron chi connectivity index (χ0n) is 9.66. The number of hydrogen-bond acceptors (Lipinski definition) is 1. The van der Waals surface area contributed by atoms with Crippen LogP contribution in [-0.4, -0.2) is 29.5 Å². The Labute approximate surface area is 87.4 Å².